The molecule has 1 atom stereocenters. The Hall–Kier alpha value is -0.900. The predicted octanol–water partition coefficient (Wildman–Crippen LogP) is 0.255. The molecule has 0 radical (unpaired) electrons. The summed E-state index contributed by atoms with van der Waals surface area (Å²) in [7, 11) is 1.60. The van der Waals surface area contributed by atoms with Crippen LogP contribution < -0.4 is 0 Å². The molecule has 12 heavy (non-hydrogen) atoms. The van der Waals surface area contributed by atoms with Crippen molar-refractivity contribution in [1.29, 1.82) is 0 Å². The Kier molecular flexibility index (Phi) is 1.48. The minimum Gasteiger partial charge on any atom is -0.391 e. The first kappa shape index (κ1) is 7.73. The van der Waals surface area contributed by atoms with Crippen LogP contribution in [0.1, 0.15) is 19.3 Å². The molecule has 1 saturated carbocycles. The molecule has 0 aromatic rings. The van der Waals surface area contributed by atoms with Gasteiger partial charge in [-0.25, -0.2) is 0 Å². The zero-order valence-corrected chi connectivity index (χ0v) is 6.83. The van der Waals surface area contributed by atoms with Crippen LogP contribution in [0.4, 0.5) is 0 Å². The number of methoxy groups -OCH3 is 1. The van der Waals surface area contributed by atoms with Gasteiger partial charge in [0, 0.05) is 13.5 Å². The third kappa shape index (κ3) is 0.756. The van der Waals surface area contributed by atoms with E-state index in [0.717, 1.165) is 6.42 Å². The normalized spacial score (nSPS) is 31.9. The molecular weight excluding hydrogens is 160 g/mol. The molecule has 2 rings (SSSR count). The van der Waals surface area contributed by atoms with Crippen molar-refractivity contribution in [2.24, 2.45) is 5.41 Å². The maximum Gasteiger partial charge on any atom is 0.331 e. The van der Waals surface area contributed by atoms with Gasteiger partial charge in [-0.15, -0.1) is 0 Å². The first-order valence-corrected chi connectivity index (χ1v) is 3.98. The molecule has 1 aliphatic carbocycles. The molecule has 1 unspecified atom stereocenters. The van der Waals surface area contributed by atoms with Gasteiger partial charge in [0.2, 0.25) is 0 Å². The number of carbonyl (C=O) groups excluding carboxylic acids is 2. The molecule has 1 saturated heterocycles. The van der Waals surface area contributed by atoms with Crippen molar-refractivity contribution < 1.29 is 19.1 Å². The second-order valence-electron chi connectivity index (χ2n) is 3.36. The van der Waals surface area contributed by atoms with Gasteiger partial charge in [-0.3, -0.25) is 9.59 Å². The van der Waals surface area contributed by atoms with Crippen molar-refractivity contribution in [2.75, 3.05) is 7.11 Å². The number of hydrogen-bond donors (Lipinski definition) is 0. The standard InChI is InChI=1S/C8H10O4/c1-11-5-2-3-8(4-5)6(9)12-7(8)10/h5H,2-4H2,1H3. The second kappa shape index (κ2) is 2.29. The predicted molar refractivity (Wildman–Crippen MR) is 38.2 cm³/mol. The second-order valence-corrected chi connectivity index (χ2v) is 3.36. The summed E-state index contributed by atoms with van der Waals surface area (Å²) < 4.78 is 9.42. The third-order valence-electron chi connectivity index (χ3n) is 2.77. The van der Waals surface area contributed by atoms with Crippen molar-refractivity contribution in [3.8, 4) is 0 Å². The fourth-order valence-corrected chi connectivity index (χ4v) is 1.89. The molecule has 1 heterocycles. The SMILES string of the molecule is COC1CCC2(C1)C(=O)OC2=O. The van der Waals surface area contributed by atoms with Crippen molar-refractivity contribution >= 4 is 11.9 Å². The molecule has 0 N–H and O–H groups in total. The van der Waals surface area contributed by atoms with Crippen LogP contribution in [-0.4, -0.2) is 25.2 Å². The van der Waals surface area contributed by atoms with Gasteiger partial charge in [0.15, 0.2) is 5.41 Å². The monoisotopic (exact) mass is 170 g/mol. The molecule has 4 nitrogen and oxygen atoms in total. The summed E-state index contributed by atoms with van der Waals surface area (Å²) in [6.45, 7) is 0. The topological polar surface area (TPSA) is 52.6 Å². The molecule has 66 valence electrons. The Balaban J connectivity index is 2.14. The summed E-state index contributed by atoms with van der Waals surface area (Å²) in [5.41, 5.74) is -0.819. The van der Waals surface area contributed by atoms with Crippen LogP contribution in [0.2, 0.25) is 0 Å². The number of carbonyl (C=O) groups is 2. The fourth-order valence-electron chi connectivity index (χ4n) is 1.89. The van der Waals surface area contributed by atoms with E-state index in [1.165, 1.54) is 0 Å². The molecule has 4 heteroatoms. The lowest BCUT2D eigenvalue weighted by Gasteiger charge is -2.32. The fraction of sp³-hybridized carbons (Fsp3) is 0.750. The lowest BCUT2D eigenvalue weighted by molar-refractivity contribution is -0.196. The van der Waals surface area contributed by atoms with Crippen LogP contribution >= 0.6 is 0 Å². The Bertz CT molecular complexity index is 231. The van der Waals surface area contributed by atoms with E-state index in [1.807, 2.05) is 0 Å². The number of ether oxygens (including phenoxy) is 2. The summed E-state index contributed by atoms with van der Waals surface area (Å²) in [5, 5.41) is 0. The quantitative estimate of drug-likeness (QED) is 0.418. The average molecular weight is 170 g/mol. The van der Waals surface area contributed by atoms with Gasteiger partial charge in [-0.1, -0.05) is 0 Å². The highest BCUT2D eigenvalue weighted by Crippen LogP contribution is 2.46. The van der Waals surface area contributed by atoms with Crippen LogP contribution in [0.5, 0.6) is 0 Å². The Morgan fingerprint density at radius 1 is 1.50 bits per heavy atom. The van der Waals surface area contributed by atoms with Crippen molar-refractivity contribution in [1.82, 2.24) is 0 Å². The van der Waals surface area contributed by atoms with Gasteiger partial charge < -0.3 is 9.47 Å². The molecule has 1 spiro atoms. The minimum absolute atomic E-state index is 0.0433. The number of hydrogen-bond acceptors (Lipinski definition) is 4. The van der Waals surface area contributed by atoms with E-state index in [-0.39, 0.29) is 18.0 Å². The largest absolute Gasteiger partial charge is 0.391 e. The lowest BCUT2D eigenvalue weighted by Crippen LogP contribution is -2.51. The summed E-state index contributed by atoms with van der Waals surface area (Å²) in [4.78, 5) is 22.1. The van der Waals surface area contributed by atoms with Gasteiger partial charge in [-0.2, -0.15) is 0 Å². The van der Waals surface area contributed by atoms with Crippen molar-refractivity contribution in [3.63, 3.8) is 0 Å². The van der Waals surface area contributed by atoms with Crippen LogP contribution in [0.25, 0.3) is 0 Å². The van der Waals surface area contributed by atoms with Gasteiger partial charge in [0.1, 0.15) is 0 Å². The number of rotatable bonds is 1. The van der Waals surface area contributed by atoms with E-state index in [0.29, 0.717) is 12.8 Å². The third-order valence-corrected chi connectivity index (χ3v) is 2.77. The van der Waals surface area contributed by atoms with Gasteiger partial charge >= 0.3 is 11.9 Å². The highest BCUT2D eigenvalue weighted by molar-refractivity contribution is 6.14. The highest BCUT2D eigenvalue weighted by Gasteiger charge is 2.62. The first-order valence-electron chi connectivity index (χ1n) is 3.98. The van der Waals surface area contributed by atoms with E-state index >= 15 is 0 Å². The van der Waals surface area contributed by atoms with Crippen LogP contribution in [0.15, 0.2) is 0 Å². The molecule has 2 aliphatic rings. The summed E-state index contributed by atoms with van der Waals surface area (Å²) >= 11 is 0. The van der Waals surface area contributed by atoms with E-state index in [9.17, 15) is 9.59 Å². The maximum absolute atomic E-state index is 11.0. The summed E-state index contributed by atoms with van der Waals surface area (Å²) in [6.07, 6.45) is 1.91. The first-order chi connectivity index (χ1) is 5.69. The summed E-state index contributed by atoms with van der Waals surface area (Å²) in [5.74, 6) is -0.737. The molecule has 2 fully saturated rings. The Labute approximate surface area is 69.8 Å². The zero-order valence-electron chi connectivity index (χ0n) is 6.83. The van der Waals surface area contributed by atoms with Crippen molar-refractivity contribution in [2.45, 2.75) is 25.4 Å². The van der Waals surface area contributed by atoms with Gasteiger partial charge in [0.25, 0.3) is 0 Å². The smallest absolute Gasteiger partial charge is 0.331 e. The zero-order chi connectivity index (χ0) is 8.77. The molecule has 1 aliphatic heterocycles. The number of cyclic esters (lactones) is 2. The molecule has 0 aromatic heterocycles. The van der Waals surface area contributed by atoms with E-state index in [2.05, 4.69) is 4.74 Å². The lowest BCUT2D eigenvalue weighted by atomic mass is 9.82. The van der Waals surface area contributed by atoms with Crippen LogP contribution in [-0.2, 0) is 19.1 Å². The minimum atomic E-state index is -0.819. The maximum atomic E-state index is 11.0. The van der Waals surface area contributed by atoms with Crippen molar-refractivity contribution in [3.05, 3.63) is 0 Å². The summed E-state index contributed by atoms with van der Waals surface area (Å²) in [6, 6.07) is 0. The molecule has 0 aromatic carbocycles. The molecule has 0 amide bonds. The number of esters is 2. The molecular formula is C8H10O4. The highest BCUT2D eigenvalue weighted by atomic mass is 16.6. The van der Waals surface area contributed by atoms with Gasteiger partial charge in [0.05, 0.1) is 6.10 Å². The average Bonchev–Trinajstić information content (AvgIpc) is 2.51. The molecule has 0 bridgehead atoms. The van der Waals surface area contributed by atoms with E-state index < -0.39 is 5.41 Å². The van der Waals surface area contributed by atoms with E-state index in [4.69, 9.17) is 4.74 Å². The van der Waals surface area contributed by atoms with Crippen LogP contribution in [0.3, 0.4) is 0 Å². The van der Waals surface area contributed by atoms with Gasteiger partial charge in [-0.05, 0) is 12.8 Å². The Morgan fingerprint density at radius 3 is 2.50 bits per heavy atom. The Morgan fingerprint density at radius 2 is 2.17 bits per heavy atom. The van der Waals surface area contributed by atoms with Crippen LogP contribution in [0, 0.1) is 5.41 Å². The van der Waals surface area contributed by atoms with E-state index in [1.54, 1.807) is 7.11 Å².